The van der Waals surface area contributed by atoms with E-state index >= 15 is 0 Å². The van der Waals surface area contributed by atoms with Crippen LogP contribution in [0.4, 0.5) is 21.5 Å². The lowest BCUT2D eigenvalue weighted by Crippen LogP contribution is -1.94. The van der Waals surface area contributed by atoms with Crippen LogP contribution in [0.1, 0.15) is 0 Å². The summed E-state index contributed by atoms with van der Waals surface area (Å²) in [4.78, 5) is 0. The summed E-state index contributed by atoms with van der Waals surface area (Å²) in [5.74, 6) is 0.365. The minimum absolute atomic E-state index is 0.370. The summed E-state index contributed by atoms with van der Waals surface area (Å²) in [6.07, 6.45) is 0. The summed E-state index contributed by atoms with van der Waals surface area (Å²) in [6.45, 7) is 0. The fraction of sp³-hybridized carbons (Fsp3) is 0.0769. The maximum atomic E-state index is 13.2. The molecule has 3 N–H and O–H groups in total. The van der Waals surface area contributed by atoms with Gasteiger partial charge in [0.25, 0.3) is 0 Å². The molecule has 0 aromatic heterocycles. The molecule has 0 aliphatic carbocycles. The maximum Gasteiger partial charge on any atom is 0.133 e. The number of hydrogen-bond acceptors (Lipinski definition) is 3. The number of rotatable bonds is 3. The zero-order valence-electron chi connectivity index (χ0n) is 9.71. The van der Waals surface area contributed by atoms with Gasteiger partial charge in [0.05, 0.1) is 11.6 Å². The van der Waals surface area contributed by atoms with Crippen LogP contribution in [0.2, 0.25) is 0 Å². The van der Waals surface area contributed by atoms with Gasteiger partial charge in [-0.05, 0) is 52.3 Å². The van der Waals surface area contributed by atoms with Crippen molar-refractivity contribution in [2.24, 2.45) is 0 Å². The first-order valence-corrected chi connectivity index (χ1v) is 6.04. The molecular formula is C13H12BrFN2O. The molecule has 0 atom stereocenters. The van der Waals surface area contributed by atoms with E-state index in [0.717, 1.165) is 15.9 Å². The second kappa shape index (κ2) is 5.27. The van der Waals surface area contributed by atoms with Gasteiger partial charge in [0.2, 0.25) is 0 Å². The topological polar surface area (TPSA) is 47.3 Å². The molecular weight excluding hydrogens is 299 g/mol. The second-order valence-corrected chi connectivity index (χ2v) is 4.60. The first-order valence-electron chi connectivity index (χ1n) is 5.25. The molecule has 2 aromatic carbocycles. The zero-order valence-corrected chi connectivity index (χ0v) is 11.3. The molecule has 2 rings (SSSR count). The average molecular weight is 311 g/mol. The van der Waals surface area contributed by atoms with Crippen molar-refractivity contribution in [1.29, 1.82) is 0 Å². The SMILES string of the molecule is COc1ccc(Nc2cc(N)cc(F)c2)cc1Br. The molecule has 0 saturated heterocycles. The standard InChI is InChI=1S/C13H12BrFN2O/c1-18-13-3-2-10(7-12(13)14)17-11-5-8(15)4-9(16)6-11/h2-7,17H,16H2,1H3. The Kier molecular flexibility index (Phi) is 3.72. The Balaban J connectivity index is 2.25. The normalized spacial score (nSPS) is 10.2. The van der Waals surface area contributed by atoms with Crippen LogP contribution in [0.5, 0.6) is 5.75 Å². The highest BCUT2D eigenvalue weighted by Gasteiger charge is 2.03. The first kappa shape index (κ1) is 12.7. The molecule has 0 fully saturated rings. The quantitative estimate of drug-likeness (QED) is 0.845. The number of methoxy groups -OCH3 is 1. The van der Waals surface area contributed by atoms with Crippen LogP contribution < -0.4 is 15.8 Å². The summed E-state index contributed by atoms with van der Waals surface area (Å²) in [5, 5.41) is 3.07. The van der Waals surface area contributed by atoms with E-state index in [1.165, 1.54) is 12.1 Å². The molecule has 0 aliphatic heterocycles. The Labute approximate surface area is 113 Å². The summed E-state index contributed by atoms with van der Waals surface area (Å²) in [5.41, 5.74) is 7.37. The van der Waals surface area contributed by atoms with Gasteiger partial charge < -0.3 is 15.8 Å². The molecule has 0 radical (unpaired) electrons. The van der Waals surface area contributed by atoms with Crippen molar-refractivity contribution in [3.8, 4) is 5.75 Å². The monoisotopic (exact) mass is 310 g/mol. The van der Waals surface area contributed by atoms with Crippen LogP contribution in [0.15, 0.2) is 40.9 Å². The van der Waals surface area contributed by atoms with Crippen molar-refractivity contribution >= 4 is 33.0 Å². The van der Waals surface area contributed by atoms with E-state index in [9.17, 15) is 4.39 Å². The first-order chi connectivity index (χ1) is 8.58. The molecule has 0 heterocycles. The minimum atomic E-state index is -0.370. The van der Waals surface area contributed by atoms with Gasteiger partial charge in [0.15, 0.2) is 0 Å². The number of hydrogen-bond donors (Lipinski definition) is 2. The number of nitrogens with two attached hydrogens (primary N) is 1. The van der Waals surface area contributed by atoms with Crippen LogP contribution in [0.25, 0.3) is 0 Å². The predicted octanol–water partition coefficient (Wildman–Crippen LogP) is 3.92. The molecule has 18 heavy (non-hydrogen) atoms. The highest BCUT2D eigenvalue weighted by Crippen LogP contribution is 2.29. The minimum Gasteiger partial charge on any atom is -0.496 e. The Morgan fingerprint density at radius 2 is 1.94 bits per heavy atom. The lowest BCUT2D eigenvalue weighted by Gasteiger charge is -2.10. The van der Waals surface area contributed by atoms with E-state index in [2.05, 4.69) is 21.2 Å². The number of ether oxygens (including phenoxy) is 1. The summed E-state index contributed by atoms with van der Waals surface area (Å²) >= 11 is 3.39. The molecule has 94 valence electrons. The Morgan fingerprint density at radius 1 is 1.17 bits per heavy atom. The van der Waals surface area contributed by atoms with E-state index in [0.29, 0.717) is 11.4 Å². The van der Waals surface area contributed by atoms with Gasteiger partial charge in [-0.25, -0.2) is 4.39 Å². The number of nitrogen functional groups attached to an aromatic ring is 1. The largest absolute Gasteiger partial charge is 0.496 e. The van der Waals surface area contributed by atoms with Gasteiger partial charge in [0, 0.05) is 17.1 Å². The number of anilines is 3. The third-order valence-electron chi connectivity index (χ3n) is 2.36. The molecule has 5 heteroatoms. The van der Waals surface area contributed by atoms with Gasteiger partial charge >= 0.3 is 0 Å². The van der Waals surface area contributed by atoms with Gasteiger partial charge in [0.1, 0.15) is 11.6 Å². The fourth-order valence-electron chi connectivity index (χ4n) is 1.60. The van der Waals surface area contributed by atoms with Gasteiger partial charge in [-0.1, -0.05) is 0 Å². The fourth-order valence-corrected chi connectivity index (χ4v) is 2.14. The number of benzene rings is 2. The van der Waals surface area contributed by atoms with E-state index in [4.69, 9.17) is 10.5 Å². The van der Waals surface area contributed by atoms with Crippen LogP contribution >= 0.6 is 15.9 Å². The highest BCUT2D eigenvalue weighted by molar-refractivity contribution is 9.10. The number of halogens is 2. The summed E-state index contributed by atoms with van der Waals surface area (Å²) < 4.78 is 19.1. The Bertz CT molecular complexity index is 555. The van der Waals surface area contributed by atoms with Crippen LogP contribution in [-0.2, 0) is 0 Å². The molecule has 0 spiro atoms. The van der Waals surface area contributed by atoms with Gasteiger partial charge in [-0.15, -0.1) is 0 Å². The van der Waals surface area contributed by atoms with Crippen molar-refractivity contribution in [3.63, 3.8) is 0 Å². The summed E-state index contributed by atoms with van der Waals surface area (Å²) in [7, 11) is 1.60. The van der Waals surface area contributed by atoms with Crippen molar-refractivity contribution in [1.82, 2.24) is 0 Å². The lowest BCUT2D eigenvalue weighted by atomic mass is 10.2. The van der Waals surface area contributed by atoms with E-state index in [-0.39, 0.29) is 5.82 Å². The van der Waals surface area contributed by atoms with Crippen molar-refractivity contribution in [2.45, 2.75) is 0 Å². The Morgan fingerprint density at radius 3 is 2.56 bits per heavy atom. The predicted molar refractivity (Wildman–Crippen MR) is 74.8 cm³/mol. The lowest BCUT2D eigenvalue weighted by molar-refractivity contribution is 0.412. The molecule has 0 saturated carbocycles. The van der Waals surface area contributed by atoms with Gasteiger partial charge in [-0.2, -0.15) is 0 Å². The van der Waals surface area contributed by atoms with E-state index in [1.54, 1.807) is 13.2 Å². The molecule has 3 nitrogen and oxygen atoms in total. The molecule has 0 aliphatic rings. The van der Waals surface area contributed by atoms with E-state index in [1.807, 2.05) is 18.2 Å². The highest BCUT2D eigenvalue weighted by atomic mass is 79.9. The molecule has 0 amide bonds. The van der Waals surface area contributed by atoms with Crippen molar-refractivity contribution in [3.05, 3.63) is 46.7 Å². The van der Waals surface area contributed by atoms with E-state index < -0.39 is 0 Å². The molecule has 0 unspecified atom stereocenters. The van der Waals surface area contributed by atoms with Crippen molar-refractivity contribution in [2.75, 3.05) is 18.2 Å². The maximum absolute atomic E-state index is 13.2. The van der Waals surface area contributed by atoms with Crippen LogP contribution in [0.3, 0.4) is 0 Å². The third kappa shape index (κ3) is 2.92. The molecule has 0 bridgehead atoms. The Hall–Kier alpha value is -1.75. The zero-order chi connectivity index (χ0) is 13.1. The van der Waals surface area contributed by atoms with Crippen LogP contribution in [0, 0.1) is 5.82 Å². The second-order valence-electron chi connectivity index (χ2n) is 3.75. The van der Waals surface area contributed by atoms with Crippen molar-refractivity contribution < 1.29 is 9.13 Å². The smallest absolute Gasteiger partial charge is 0.133 e. The average Bonchev–Trinajstić information content (AvgIpc) is 2.27. The molecule has 2 aromatic rings. The third-order valence-corrected chi connectivity index (χ3v) is 2.98. The van der Waals surface area contributed by atoms with Gasteiger partial charge in [-0.3, -0.25) is 0 Å². The van der Waals surface area contributed by atoms with Crippen LogP contribution in [-0.4, -0.2) is 7.11 Å². The number of nitrogens with one attached hydrogen (secondary N) is 1. The summed E-state index contributed by atoms with van der Waals surface area (Å²) in [6, 6.07) is 9.82.